The van der Waals surface area contributed by atoms with Crippen LogP contribution in [0.3, 0.4) is 0 Å². The minimum atomic E-state index is -1.27. The van der Waals surface area contributed by atoms with Gasteiger partial charge in [0.15, 0.2) is 6.73 Å². The van der Waals surface area contributed by atoms with Gasteiger partial charge in [-0.2, -0.15) is 5.10 Å². The van der Waals surface area contributed by atoms with E-state index in [9.17, 15) is 25.1 Å². The van der Waals surface area contributed by atoms with Gasteiger partial charge in [-0.3, -0.25) is 14.9 Å². The highest BCUT2D eigenvalue weighted by Crippen LogP contribution is 2.21. The van der Waals surface area contributed by atoms with Crippen molar-refractivity contribution in [3.63, 3.8) is 0 Å². The van der Waals surface area contributed by atoms with Gasteiger partial charge in [-0.05, 0) is 42.0 Å². The number of amides is 1. The average Bonchev–Trinajstić information content (AvgIpc) is 3.25. The zero-order chi connectivity index (χ0) is 22.4. The van der Waals surface area contributed by atoms with E-state index in [1.165, 1.54) is 35.0 Å². The number of benzene rings is 2. The molecule has 1 amide bonds. The number of non-ortho nitro benzene ring substituents is 1. The van der Waals surface area contributed by atoms with Crippen molar-refractivity contribution in [2.24, 2.45) is 0 Å². The molecular formula is C20H19ClN4O6. The molecule has 0 saturated heterocycles. The minimum absolute atomic E-state index is 0.0441. The molecule has 0 spiro atoms. The van der Waals surface area contributed by atoms with E-state index in [0.29, 0.717) is 16.3 Å². The number of halogens is 1. The zero-order valence-corrected chi connectivity index (χ0v) is 16.8. The number of carbonyl (C=O) groups excluding carboxylic acids is 1. The van der Waals surface area contributed by atoms with Gasteiger partial charge >= 0.3 is 0 Å². The Kier molecular flexibility index (Phi) is 7.19. The van der Waals surface area contributed by atoms with Gasteiger partial charge in [-0.15, -0.1) is 0 Å². The van der Waals surface area contributed by atoms with E-state index in [0.717, 1.165) is 0 Å². The maximum Gasteiger partial charge on any atom is 0.272 e. The first-order chi connectivity index (χ1) is 14.9. The van der Waals surface area contributed by atoms with Crippen LogP contribution in [0.5, 0.6) is 5.75 Å². The summed E-state index contributed by atoms with van der Waals surface area (Å²) in [6.45, 7) is -0.509. The molecule has 31 heavy (non-hydrogen) atoms. The minimum Gasteiger partial charge on any atom is -0.471 e. The number of nitrogens with zero attached hydrogens (tertiary/aromatic N) is 3. The first kappa shape index (κ1) is 22.2. The number of carbonyl (C=O) groups is 1. The van der Waals surface area contributed by atoms with Gasteiger partial charge in [-0.25, -0.2) is 4.68 Å². The molecule has 2 unspecified atom stereocenters. The highest BCUT2D eigenvalue weighted by atomic mass is 35.5. The lowest BCUT2D eigenvalue weighted by molar-refractivity contribution is -0.384. The largest absolute Gasteiger partial charge is 0.471 e. The number of hydrogen-bond donors (Lipinski definition) is 3. The molecular weight excluding hydrogens is 428 g/mol. The van der Waals surface area contributed by atoms with Crippen molar-refractivity contribution in [2.75, 3.05) is 6.61 Å². The van der Waals surface area contributed by atoms with Gasteiger partial charge in [0.1, 0.15) is 17.5 Å². The predicted octanol–water partition coefficient (Wildman–Crippen LogP) is 2.31. The van der Waals surface area contributed by atoms with Crippen LogP contribution >= 0.6 is 11.6 Å². The summed E-state index contributed by atoms with van der Waals surface area (Å²) in [5, 5.41) is 37.9. The summed E-state index contributed by atoms with van der Waals surface area (Å²) in [5.41, 5.74) is 0.237. The Hall–Kier alpha value is -3.47. The van der Waals surface area contributed by atoms with Gasteiger partial charge in [0.25, 0.3) is 11.6 Å². The lowest BCUT2D eigenvalue weighted by atomic mass is 10.0. The van der Waals surface area contributed by atoms with Crippen LogP contribution in [0.2, 0.25) is 5.02 Å². The van der Waals surface area contributed by atoms with E-state index < -0.39 is 29.6 Å². The fourth-order valence-corrected chi connectivity index (χ4v) is 2.92. The SMILES string of the molecule is O=C(NC(CO)C(O)c1ccc([N+](=O)[O-])cc1)c1ccn(COc2cccc(Cl)c2)n1. The maximum atomic E-state index is 12.5. The molecule has 3 N–H and O–H groups in total. The second-order valence-electron chi connectivity index (χ2n) is 6.53. The van der Waals surface area contributed by atoms with Crippen molar-refractivity contribution in [3.8, 4) is 5.75 Å². The number of aliphatic hydroxyl groups is 2. The third-order valence-corrected chi connectivity index (χ3v) is 4.61. The number of aromatic nitrogens is 2. The number of nitrogens with one attached hydrogen (secondary N) is 1. The Bertz CT molecular complexity index is 1060. The predicted molar refractivity (Wildman–Crippen MR) is 111 cm³/mol. The molecule has 3 aromatic rings. The highest BCUT2D eigenvalue weighted by Gasteiger charge is 2.24. The third kappa shape index (κ3) is 5.79. The topological polar surface area (TPSA) is 140 Å². The lowest BCUT2D eigenvalue weighted by Crippen LogP contribution is -2.42. The Morgan fingerprint density at radius 1 is 1.26 bits per heavy atom. The summed E-state index contributed by atoms with van der Waals surface area (Å²) >= 11 is 5.90. The van der Waals surface area contributed by atoms with E-state index in [1.807, 2.05) is 0 Å². The number of nitro benzene ring substituents is 1. The Labute approximate surface area is 181 Å². The fourth-order valence-electron chi connectivity index (χ4n) is 2.74. The molecule has 0 aliphatic rings. The highest BCUT2D eigenvalue weighted by molar-refractivity contribution is 6.30. The number of ether oxygens (including phenoxy) is 1. The number of hydrogen-bond acceptors (Lipinski definition) is 7. The summed E-state index contributed by atoms with van der Waals surface area (Å²) in [6.07, 6.45) is 0.267. The van der Waals surface area contributed by atoms with Crippen LogP contribution in [0.4, 0.5) is 5.69 Å². The summed E-state index contributed by atoms with van der Waals surface area (Å²) < 4.78 is 6.95. The lowest BCUT2D eigenvalue weighted by Gasteiger charge is -2.22. The van der Waals surface area contributed by atoms with Gasteiger partial charge in [0.2, 0.25) is 0 Å². The van der Waals surface area contributed by atoms with Crippen LogP contribution < -0.4 is 10.1 Å². The molecule has 1 aromatic heterocycles. The molecule has 0 radical (unpaired) electrons. The van der Waals surface area contributed by atoms with E-state index in [4.69, 9.17) is 16.3 Å². The van der Waals surface area contributed by atoms with Crippen molar-refractivity contribution >= 4 is 23.2 Å². The van der Waals surface area contributed by atoms with Crippen molar-refractivity contribution in [2.45, 2.75) is 18.9 Å². The van der Waals surface area contributed by atoms with E-state index in [-0.39, 0.29) is 18.1 Å². The molecule has 0 bridgehead atoms. The van der Waals surface area contributed by atoms with Crippen LogP contribution in [0.25, 0.3) is 0 Å². The van der Waals surface area contributed by atoms with Crippen molar-refractivity contribution in [1.82, 2.24) is 15.1 Å². The number of rotatable bonds is 9. The van der Waals surface area contributed by atoms with Crippen LogP contribution in [0.1, 0.15) is 22.2 Å². The van der Waals surface area contributed by atoms with Crippen molar-refractivity contribution < 1.29 is 24.7 Å². The molecule has 0 aliphatic heterocycles. The summed E-state index contributed by atoms with van der Waals surface area (Å²) in [6, 6.07) is 12.4. The maximum absolute atomic E-state index is 12.5. The Morgan fingerprint density at radius 3 is 2.65 bits per heavy atom. The van der Waals surface area contributed by atoms with E-state index >= 15 is 0 Å². The molecule has 2 atom stereocenters. The summed E-state index contributed by atoms with van der Waals surface area (Å²) in [4.78, 5) is 22.6. The number of nitro groups is 1. The average molecular weight is 447 g/mol. The summed E-state index contributed by atoms with van der Waals surface area (Å²) in [7, 11) is 0. The fraction of sp³-hybridized carbons (Fsp3) is 0.200. The quantitative estimate of drug-likeness (QED) is 0.338. The molecule has 11 heteroatoms. The monoisotopic (exact) mass is 446 g/mol. The van der Waals surface area contributed by atoms with Crippen LogP contribution in [0, 0.1) is 10.1 Å². The zero-order valence-electron chi connectivity index (χ0n) is 16.1. The third-order valence-electron chi connectivity index (χ3n) is 4.37. The molecule has 3 rings (SSSR count). The molecule has 0 saturated carbocycles. The molecule has 2 aromatic carbocycles. The van der Waals surface area contributed by atoms with Crippen LogP contribution in [-0.2, 0) is 6.73 Å². The Balaban J connectivity index is 1.60. The van der Waals surface area contributed by atoms with Gasteiger partial charge in [0, 0.05) is 23.4 Å². The van der Waals surface area contributed by atoms with Crippen LogP contribution in [-0.4, -0.2) is 43.5 Å². The first-order valence-corrected chi connectivity index (χ1v) is 9.51. The van der Waals surface area contributed by atoms with Gasteiger partial charge in [-0.1, -0.05) is 17.7 Å². The van der Waals surface area contributed by atoms with Crippen LogP contribution in [0.15, 0.2) is 60.8 Å². The molecule has 10 nitrogen and oxygen atoms in total. The standard InChI is InChI=1S/C20H19ClN4O6/c21-14-2-1-3-16(10-14)31-12-24-9-8-17(23-24)20(28)22-18(11-26)19(27)13-4-6-15(7-5-13)25(29)30/h1-10,18-19,26-27H,11-12H2,(H,22,28). The second-order valence-corrected chi connectivity index (χ2v) is 6.96. The second kappa shape index (κ2) is 10.0. The summed E-state index contributed by atoms with van der Waals surface area (Å²) in [5.74, 6) is -0.0675. The number of aliphatic hydroxyl groups excluding tert-OH is 2. The first-order valence-electron chi connectivity index (χ1n) is 9.13. The molecule has 162 valence electrons. The van der Waals surface area contributed by atoms with E-state index in [1.54, 1.807) is 30.5 Å². The van der Waals surface area contributed by atoms with Crippen molar-refractivity contribution in [1.29, 1.82) is 0 Å². The molecule has 0 fully saturated rings. The van der Waals surface area contributed by atoms with E-state index in [2.05, 4.69) is 10.4 Å². The van der Waals surface area contributed by atoms with Gasteiger partial charge < -0.3 is 20.3 Å². The molecule has 1 heterocycles. The molecule has 0 aliphatic carbocycles. The Morgan fingerprint density at radius 2 is 2.00 bits per heavy atom. The van der Waals surface area contributed by atoms with Crippen molar-refractivity contribution in [3.05, 3.63) is 87.2 Å². The smallest absolute Gasteiger partial charge is 0.272 e. The van der Waals surface area contributed by atoms with Gasteiger partial charge in [0.05, 0.1) is 17.6 Å². The normalized spacial score (nSPS) is 12.7.